The number of thioether (sulfide) groups is 1. The first-order valence-electron chi connectivity index (χ1n) is 9.99. The maximum atomic E-state index is 13.1. The first-order chi connectivity index (χ1) is 15.9. The van der Waals surface area contributed by atoms with Gasteiger partial charge < -0.3 is 30.4 Å². The normalized spacial score (nSPS) is 24.7. The van der Waals surface area contributed by atoms with Crippen LogP contribution in [0.1, 0.15) is 25.3 Å². The van der Waals surface area contributed by atoms with E-state index in [1.54, 1.807) is 10.9 Å². The molecule has 2 aliphatic rings. The van der Waals surface area contributed by atoms with Gasteiger partial charge in [-0.05, 0) is 12.8 Å². The highest BCUT2D eigenvalue weighted by atomic mass is 32.2. The van der Waals surface area contributed by atoms with E-state index in [0.717, 1.165) is 23.6 Å². The number of anilines is 1. The summed E-state index contributed by atoms with van der Waals surface area (Å²) in [4.78, 5) is 36.8. The second kappa shape index (κ2) is 9.96. The van der Waals surface area contributed by atoms with Gasteiger partial charge in [-0.25, -0.2) is 19.2 Å². The zero-order valence-corrected chi connectivity index (χ0v) is 18.0. The Morgan fingerprint density at radius 2 is 2.00 bits per heavy atom. The predicted octanol–water partition coefficient (Wildman–Crippen LogP) is -0.666. The third-order valence-electron chi connectivity index (χ3n) is 5.09. The van der Waals surface area contributed by atoms with Crippen LogP contribution in [-0.2, 0) is 9.47 Å². The average molecular weight is 483 g/mol. The van der Waals surface area contributed by atoms with E-state index < -0.39 is 29.0 Å². The molecule has 0 radical (unpaired) electrons. The number of nitrogens with zero attached hydrogens (tertiary/aromatic N) is 5. The lowest BCUT2D eigenvalue weighted by Crippen LogP contribution is -2.29. The summed E-state index contributed by atoms with van der Waals surface area (Å²) in [6, 6.07) is 0. The van der Waals surface area contributed by atoms with Gasteiger partial charge in [-0.1, -0.05) is 0 Å². The summed E-state index contributed by atoms with van der Waals surface area (Å²) < 4.78 is 26.8. The number of aliphatic hydroxyl groups is 2. The Morgan fingerprint density at radius 3 is 2.70 bits per heavy atom. The minimum Gasteiger partial charge on any atom is -0.394 e. The smallest absolute Gasteiger partial charge is 0.351 e. The molecule has 0 aliphatic carbocycles. The van der Waals surface area contributed by atoms with Crippen molar-refractivity contribution < 1.29 is 24.1 Å². The number of aromatic amines is 1. The second-order valence-electron chi connectivity index (χ2n) is 7.23. The van der Waals surface area contributed by atoms with Gasteiger partial charge in [-0.15, -0.1) is 11.8 Å². The van der Waals surface area contributed by atoms with Crippen molar-refractivity contribution in [3.63, 3.8) is 0 Å². The molecule has 33 heavy (non-hydrogen) atoms. The molecule has 178 valence electrons. The quantitative estimate of drug-likeness (QED) is 0.369. The number of H-pyrrole nitrogens is 1. The molecule has 0 aromatic carbocycles. The van der Waals surface area contributed by atoms with Gasteiger partial charge in [0.2, 0.25) is 0 Å². The monoisotopic (exact) mass is 483 g/mol. The Balaban J connectivity index is 0.000000157. The topological polar surface area (TPSA) is 183 Å². The summed E-state index contributed by atoms with van der Waals surface area (Å²) in [5.74, 6) is -0.734. The van der Waals surface area contributed by atoms with Gasteiger partial charge in [-0.2, -0.15) is 4.98 Å². The largest absolute Gasteiger partial charge is 0.394 e. The molecule has 0 bridgehead atoms. The number of aromatic nitrogens is 6. The van der Waals surface area contributed by atoms with Gasteiger partial charge in [0.15, 0.2) is 22.8 Å². The fourth-order valence-corrected chi connectivity index (χ4v) is 4.38. The highest BCUT2D eigenvalue weighted by Gasteiger charge is 2.28. The van der Waals surface area contributed by atoms with E-state index in [1.807, 2.05) is 0 Å². The molecular formula is C18H22FN7O6S. The number of aliphatic hydroxyl groups excluding tert-OH is 2. The predicted molar refractivity (Wildman–Crippen MR) is 115 cm³/mol. The van der Waals surface area contributed by atoms with Crippen LogP contribution in [0.3, 0.4) is 0 Å². The fraction of sp³-hybridized carbons (Fsp3) is 0.500. The Hall–Kier alpha value is -2.85. The van der Waals surface area contributed by atoms with E-state index in [1.165, 1.54) is 18.1 Å². The van der Waals surface area contributed by atoms with Crippen LogP contribution in [0.25, 0.3) is 11.2 Å². The molecule has 3 aromatic heterocycles. The minimum atomic E-state index is -0.763. The summed E-state index contributed by atoms with van der Waals surface area (Å²) in [5, 5.41) is 17.9. The number of nitrogen functional groups attached to an aromatic ring is 1. The van der Waals surface area contributed by atoms with Crippen LogP contribution in [0.15, 0.2) is 28.4 Å². The highest BCUT2D eigenvalue weighted by Crippen LogP contribution is 2.31. The molecule has 0 amide bonds. The molecule has 3 aromatic rings. The number of nitrogens with two attached hydrogens (primary N) is 1. The molecule has 0 unspecified atom stereocenters. The van der Waals surface area contributed by atoms with Gasteiger partial charge in [-0.3, -0.25) is 13.9 Å². The lowest BCUT2D eigenvalue weighted by Gasteiger charge is -2.13. The lowest BCUT2D eigenvalue weighted by atomic mass is 10.2. The summed E-state index contributed by atoms with van der Waals surface area (Å²) in [5.41, 5.74) is 4.66. The van der Waals surface area contributed by atoms with Crippen LogP contribution in [0.2, 0.25) is 0 Å². The molecule has 15 heteroatoms. The van der Waals surface area contributed by atoms with Crippen molar-refractivity contribution in [3.8, 4) is 0 Å². The number of imidazole rings is 1. The molecule has 5 heterocycles. The van der Waals surface area contributed by atoms with Gasteiger partial charge >= 0.3 is 5.69 Å². The Morgan fingerprint density at radius 1 is 1.18 bits per heavy atom. The number of nitrogens with one attached hydrogen (secondary N) is 1. The summed E-state index contributed by atoms with van der Waals surface area (Å²) in [7, 11) is 0. The molecule has 5 rings (SSSR count). The maximum absolute atomic E-state index is 13.1. The molecule has 0 spiro atoms. The Labute approximate surface area is 189 Å². The molecule has 0 saturated carbocycles. The molecule has 5 N–H and O–H groups in total. The highest BCUT2D eigenvalue weighted by molar-refractivity contribution is 8.00. The number of hydrogen-bond acceptors (Lipinski definition) is 11. The first-order valence-corrected chi connectivity index (χ1v) is 11.0. The van der Waals surface area contributed by atoms with Crippen LogP contribution in [0.5, 0.6) is 0 Å². The third kappa shape index (κ3) is 4.91. The minimum absolute atomic E-state index is 0.0111. The van der Waals surface area contributed by atoms with Crippen LogP contribution < -0.4 is 17.0 Å². The standard InChI is InChI=1S/C10H12N4O3.C8H10FN3O3S/c15-3-6-1-2-7(17-6)14-5-13-8-9(14)11-4-12-10(8)16;9-4-1-12(8(14)11-7(4)10)5-3-16-6(2-13)15-5/h4-7,15H,1-3H2,(H,11,12,16);1,5-6,13H,2-3H2,(H2,10,11,14)/t6-,7+;5-,6+/m00/s1. The van der Waals surface area contributed by atoms with E-state index in [0.29, 0.717) is 16.9 Å². The summed E-state index contributed by atoms with van der Waals surface area (Å²) in [6.45, 7) is -0.141. The van der Waals surface area contributed by atoms with Crippen LogP contribution in [-0.4, -0.2) is 69.8 Å². The van der Waals surface area contributed by atoms with Gasteiger partial charge in [0, 0.05) is 5.75 Å². The maximum Gasteiger partial charge on any atom is 0.351 e. The molecule has 2 aliphatic heterocycles. The van der Waals surface area contributed by atoms with E-state index in [9.17, 15) is 14.0 Å². The number of fused-ring (bicyclic) bond motifs is 1. The fourth-order valence-electron chi connectivity index (χ4n) is 3.45. The van der Waals surface area contributed by atoms with Gasteiger partial charge in [0.1, 0.15) is 17.9 Å². The van der Waals surface area contributed by atoms with Crippen LogP contribution >= 0.6 is 11.8 Å². The van der Waals surface area contributed by atoms with E-state index >= 15 is 0 Å². The van der Waals surface area contributed by atoms with Gasteiger partial charge in [0.05, 0.1) is 38.2 Å². The second-order valence-corrected chi connectivity index (χ2v) is 8.42. The van der Waals surface area contributed by atoms with E-state index in [2.05, 4.69) is 19.9 Å². The van der Waals surface area contributed by atoms with Crippen LogP contribution in [0, 0.1) is 5.82 Å². The molecule has 4 atom stereocenters. The number of hydrogen-bond donors (Lipinski definition) is 4. The number of ether oxygens (including phenoxy) is 2. The van der Waals surface area contributed by atoms with Crippen molar-refractivity contribution in [2.24, 2.45) is 0 Å². The van der Waals surface area contributed by atoms with Crippen molar-refractivity contribution in [2.45, 2.75) is 36.8 Å². The first kappa shape index (κ1) is 23.3. The van der Waals surface area contributed by atoms with Crippen LogP contribution in [0.4, 0.5) is 10.2 Å². The van der Waals surface area contributed by atoms with Crippen molar-refractivity contribution in [2.75, 3.05) is 24.7 Å². The Bertz CT molecular complexity index is 1230. The number of rotatable bonds is 4. The molecule has 2 fully saturated rings. The molecule has 2 saturated heterocycles. The van der Waals surface area contributed by atoms with E-state index in [4.69, 9.17) is 25.4 Å². The van der Waals surface area contributed by atoms with Crippen molar-refractivity contribution in [1.82, 2.24) is 29.1 Å². The number of halogens is 1. The Kier molecular flexibility index (Phi) is 7.04. The average Bonchev–Trinajstić information content (AvgIpc) is 3.56. The SMILES string of the molecule is Nc1nc(=O)n([C@@H]2CS[C@H](CO)O2)cc1F.O=c1[nH]cnc2c1ncn2[C@H]1CC[C@@H](CO)O1. The van der Waals surface area contributed by atoms with Crippen molar-refractivity contribution >= 4 is 28.7 Å². The lowest BCUT2D eigenvalue weighted by molar-refractivity contribution is -0.0207. The van der Waals surface area contributed by atoms with Gasteiger partial charge in [0.25, 0.3) is 5.56 Å². The van der Waals surface area contributed by atoms with Crippen molar-refractivity contribution in [1.29, 1.82) is 0 Å². The summed E-state index contributed by atoms with van der Waals surface area (Å²) in [6.07, 6.45) is 4.49. The zero-order chi connectivity index (χ0) is 23.5. The summed E-state index contributed by atoms with van der Waals surface area (Å²) >= 11 is 1.35. The van der Waals surface area contributed by atoms with E-state index in [-0.39, 0.29) is 31.1 Å². The third-order valence-corrected chi connectivity index (χ3v) is 6.20. The molecular weight excluding hydrogens is 461 g/mol. The molecule has 13 nitrogen and oxygen atoms in total. The van der Waals surface area contributed by atoms with Crippen molar-refractivity contribution in [3.05, 3.63) is 45.5 Å². The zero-order valence-electron chi connectivity index (χ0n) is 17.2.